The van der Waals surface area contributed by atoms with Crippen LogP contribution in [0.25, 0.3) is 0 Å². The average Bonchev–Trinajstić information content (AvgIpc) is 2.64. The Kier molecular flexibility index (Phi) is 7.23. The molecule has 1 amide bonds. The molecule has 2 rings (SSSR count). The van der Waals surface area contributed by atoms with E-state index >= 15 is 0 Å². The minimum absolute atomic E-state index is 0.327. The van der Waals surface area contributed by atoms with Gasteiger partial charge >= 0.3 is 0 Å². The molecule has 6 nitrogen and oxygen atoms in total. The van der Waals surface area contributed by atoms with E-state index in [0.717, 1.165) is 11.8 Å². The van der Waals surface area contributed by atoms with Crippen molar-refractivity contribution in [3.8, 4) is 5.75 Å². The van der Waals surface area contributed by atoms with Crippen LogP contribution in [-0.4, -0.2) is 33.2 Å². The largest absolute Gasteiger partial charge is 0.490 e. The summed E-state index contributed by atoms with van der Waals surface area (Å²) in [4.78, 5) is 12.9. The van der Waals surface area contributed by atoms with Crippen molar-refractivity contribution in [2.75, 3.05) is 22.5 Å². The smallest absolute Gasteiger partial charge is 0.248 e. The second-order valence-electron chi connectivity index (χ2n) is 6.44. The van der Waals surface area contributed by atoms with E-state index in [1.165, 1.54) is 4.31 Å². The highest BCUT2D eigenvalue weighted by molar-refractivity contribution is 7.92. The molecular formula is C21H26N2O4S. The van der Waals surface area contributed by atoms with E-state index in [1.54, 1.807) is 55.5 Å². The normalized spacial score (nSPS) is 12.1. The summed E-state index contributed by atoms with van der Waals surface area (Å²) in [7, 11) is -3.66. The molecule has 0 aliphatic heterocycles. The summed E-state index contributed by atoms with van der Waals surface area (Å²) in [5.41, 5.74) is 1.95. The summed E-state index contributed by atoms with van der Waals surface area (Å²) in [5.74, 6) is 0.261. The lowest BCUT2D eigenvalue weighted by molar-refractivity contribution is -0.117. The van der Waals surface area contributed by atoms with Crippen LogP contribution in [0.2, 0.25) is 0 Å². The Morgan fingerprint density at radius 3 is 2.46 bits per heavy atom. The van der Waals surface area contributed by atoms with Crippen LogP contribution in [0.5, 0.6) is 5.75 Å². The third-order valence-electron chi connectivity index (χ3n) is 4.08. The molecule has 150 valence electrons. The number of benzene rings is 2. The molecule has 0 radical (unpaired) electrons. The molecule has 2 aromatic carbocycles. The van der Waals surface area contributed by atoms with Crippen molar-refractivity contribution in [2.24, 2.45) is 0 Å². The Morgan fingerprint density at radius 2 is 1.93 bits per heavy atom. The number of aryl methyl sites for hydroxylation is 1. The van der Waals surface area contributed by atoms with Crippen molar-refractivity contribution >= 4 is 27.3 Å². The summed E-state index contributed by atoms with van der Waals surface area (Å²) >= 11 is 0. The van der Waals surface area contributed by atoms with Gasteiger partial charge in [0.25, 0.3) is 0 Å². The minimum Gasteiger partial charge on any atom is -0.490 e. The SMILES string of the molecule is C=CCOc1ccc(NC(=O)[C@@H](CC)N(c2cccc(C)c2)S(C)(=O)=O)cc1. The molecule has 0 aliphatic rings. The van der Waals surface area contributed by atoms with Crippen LogP contribution in [0, 0.1) is 6.92 Å². The lowest BCUT2D eigenvalue weighted by atomic mass is 10.1. The van der Waals surface area contributed by atoms with Crippen LogP contribution in [0.4, 0.5) is 11.4 Å². The molecule has 0 fully saturated rings. The van der Waals surface area contributed by atoms with Crippen LogP contribution >= 0.6 is 0 Å². The van der Waals surface area contributed by atoms with E-state index in [0.29, 0.717) is 30.2 Å². The molecule has 2 aromatic rings. The first kappa shape index (κ1) is 21.5. The summed E-state index contributed by atoms with van der Waals surface area (Å²) in [6.07, 6.45) is 3.08. The average molecular weight is 403 g/mol. The number of hydrogen-bond acceptors (Lipinski definition) is 4. The molecule has 1 atom stereocenters. The number of sulfonamides is 1. The monoisotopic (exact) mass is 402 g/mol. The fraction of sp³-hybridized carbons (Fsp3) is 0.286. The lowest BCUT2D eigenvalue weighted by Gasteiger charge is -2.30. The van der Waals surface area contributed by atoms with Gasteiger partial charge in [0.2, 0.25) is 15.9 Å². The van der Waals surface area contributed by atoms with Crippen LogP contribution in [0.15, 0.2) is 61.2 Å². The van der Waals surface area contributed by atoms with E-state index in [-0.39, 0.29) is 0 Å². The first-order valence-electron chi connectivity index (χ1n) is 8.97. The second-order valence-corrected chi connectivity index (χ2v) is 8.29. The Labute approximate surface area is 166 Å². The number of carbonyl (C=O) groups excluding carboxylic acids is 1. The molecule has 1 N–H and O–H groups in total. The van der Waals surface area contributed by atoms with Gasteiger partial charge < -0.3 is 10.1 Å². The maximum absolute atomic E-state index is 12.9. The maximum Gasteiger partial charge on any atom is 0.248 e. The minimum atomic E-state index is -3.66. The van der Waals surface area contributed by atoms with Gasteiger partial charge in [0.05, 0.1) is 11.9 Å². The van der Waals surface area contributed by atoms with Gasteiger partial charge in [-0.3, -0.25) is 9.10 Å². The van der Waals surface area contributed by atoms with Crippen molar-refractivity contribution in [1.29, 1.82) is 0 Å². The predicted molar refractivity (Wildman–Crippen MR) is 113 cm³/mol. The van der Waals surface area contributed by atoms with E-state index in [2.05, 4.69) is 11.9 Å². The molecule has 0 saturated heterocycles. The Hall–Kier alpha value is -2.80. The lowest BCUT2D eigenvalue weighted by Crippen LogP contribution is -2.47. The molecule has 28 heavy (non-hydrogen) atoms. The fourth-order valence-electron chi connectivity index (χ4n) is 2.84. The standard InChI is InChI=1S/C21H26N2O4S/c1-5-14-27-19-12-10-17(11-13-19)22-21(24)20(6-2)23(28(4,25)26)18-9-7-8-16(3)15-18/h5,7-13,15,20H,1,6,14H2,2-4H3,(H,22,24)/t20-/m1/s1. The highest BCUT2D eigenvalue weighted by Crippen LogP contribution is 2.24. The maximum atomic E-state index is 12.9. The first-order chi connectivity index (χ1) is 13.3. The topological polar surface area (TPSA) is 75.7 Å². The van der Waals surface area contributed by atoms with Gasteiger partial charge in [-0.05, 0) is 55.3 Å². The molecule has 0 bridgehead atoms. The van der Waals surface area contributed by atoms with Gasteiger partial charge in [-0.1, -0.05) is 31.7 Å². The Balaban J connectivity index is 2.25. The fourth-order valence-corrected chi connectivity index (χ4v) is 4.04. The number of ether oxygens (including phenoxy) is 1. The molecular weight excluding hydrogens is 376 g/mol. The molecule has 7 heteroatoms. The Morgan fingerprint density at radius 1 is 1.25 bits per heavy atom. The molecule has 0 aromatic heterocycles. The molecule has 0 aliphatic carbocycles. The van der Waals surface area contributed by atoms with E-state index in [1.807, 2.05) is 13.0 Å². The molecule has 0 unspecified atom stereocenters. The number of anilines is 2. The van der Waals surface area contributed by atoms with Crippen molar-refractivity contribution in [2.45, 2.75) is 26.3 Å². The quantitative estimate of drug-likeness (QED) is 0.648. The number of nitrogens with zero attached hydrogens (tertiary/aromatic N) is 1. The Bertz CT molecular complexity index is 924. The van der Waals surface area contributed by atoms with Crippen LogP contribution in [0.3, 0.4) is 0 Å². The van der Waals surface area contributed by atoms with Gasteiger partial charge in [-0.25, -0.2) is 8.42 Å². The van der Waals surface area contributed by atoms with Crippen molar-refractivity contribution in [3.05, 3.63) is 66.7 Å². The van der Waals surface area contributed by atoms with E-state index < -0.39 is 22.0 Å². The van der Waals surface area contributed by atoms with Gasteiger partial charge in [-0.15, -0.1) is 0 Å². The van der Waals surface area contributed by atoms with Crippen LogP contribution in [-0.2, 0) is 14.8 Å². The third kappa shape index (κ3) is 5.60. The summed E-state index contributed by atoms with van der Waals surface area (Å²) in [6.45, 7) is 7.64. The highest BCUT2D eigenvalue weighted by Gasteiger charge is 2.31. The van der Waals surface area contributed by atoms with Crippen molar-refractivity contribution in [3.63, 3.8) is 0 Å². The van der Waals surface area contributed by atoms with Gasteiger partial charge in [-0.2, -0.15) is 0 Å². The van der Waals surface area contributed by atoms with Crippen LogP contribution in [0.1, 0.15) is 18.9 Å². The number of rotatable bonds is 9. The number of carbonyl (C=O) groups is 1. The van der Waals surface area contributed by atoms with E-state index in [4.69, 9.17) is 4.74 Å². The first-order valence-corrected chi connectivity index (χ1v) is 10.8. The number of hydrogen-bond donors (Lipinski definition) is 1. The van der Waals surface area contributed by atoms with Crippen molar-refractivity contribution < 1.29 is 17.9 Å². The summed E-state index contributed by atoms with van der Waals surface area (Å²) < 4.78 is 31.5. The third-order valence-corrected chi connectivity index (χ3v) is 5.26. The highest BCUT2D eigenvalue weighted by atomic mass is 32.2. The van der Waals surface area contributed by atoms with Gasteiger partial charge in [0.15, 0.2) is 0 Å². The number of amides is 1. The van der Waals surface area contributed by atoms with Crippen LogP contribution < -0.4 is 14.4 Å². The zero-order chi connectivity index (χ0) is 20.7. The molecule has 0 saturated carbocycles. The zero-order valence-corrected chi connectivity index (χ0v) is 17.2. The van der Waals surface area contributed by atoms with Crippen molar-refractivity contribution in [1.82, 2.24) is 0 Å². The van der Waals surface area contributed by atoms with Gasteiger partial charge in [0.1, 0.15) is 18.4 Å². The summed E-state index contributed by atoms with van der Waals surface area (Å²) in [5, 5.41) is 2.79. The summed E-state index contributed by atoms with van der Waals surface area (Å²) in [6, 6.07) is 13.1. The second kappa shape index (κ2) is 9.41. The number of nitrogens with one attached hydrogen (secondary N) is 1. The predicted octanol–water partition coefficient (Wildman–Crippen LogP) is 3.74. The zero-order valence-electron chi connectivity index (χ0n) is 16.4. The van der Waals surface area contributed by atoms with E-state index in [9.17, 15) is 13.2 Å². The van der Waals surface area contributed by atoms with Gasteiger partial charge in [0, 0.05) is 5.69 Å². The molecule has 0 heterocycles. The molecule has 0 spiro atoms.